The molecule has 0 aliphatic rings. The molecule has 0 aromatic carbocycles. The summed E-state index contributed by atoms with van der Waals surface area (Å²) in [6.45, 7) is 4.42. The van der Waals surface area contributed by atoms with Gasteiger partial charge in [0, 0.05) is 6.54 Å². The van der Waals surface area contributed by atoms with Gasteiger partial charge in [-0.2, -0.15) is 4.98 Å². The Labute approximate surface area is 94.0 Å². The minimum atomic E-state index is -0.369. The third kappa shape index (κ3) is 3.30. The summed E-state index contributed by atoms with van der Waals surface area (Å²) in [6, 6.07) is 0. The van der Waals surface area contributed by atoms with Gasteiger partial charge in [0.1, 0.15) is 5.02 Å². The molecule has 1 N–H and O–H groups in total. The normalized spacial score (nSPS) is 11.6. The Morgan fingerprint density at radius 1 is 1.73 bits per heavy atom. The predicted molar refractivity (Wildman–Crippen MR) is 60.1 cm³/mol. The van der Waals surface area contributed by atoms with E-state index in [4.69, 9.17) is 22.8 Å². The number of nitrogens with zero attached hydrogens (tertiary/aromatic N) is 2. The lowest BCUT2D eigenvalue weighted by Gasteiger charge is -2.10. The molecule has 0 aliphatic heterocycles. The second-order valence-electron chi connectivity index (χ2n) is 2.80. The topological polar surface area (TPSA) is 47.0 Å². The average molecular weight is 226 g/mol. The van der Waals surface area contributed by atoms with Crippen molar-refractivity contribution >= 4 is 17.5 Å². The third-order valence-electron chi connectivity index (χ3n) is 1.57. The van der Waals surface area contributed by atoms with Crippen molar-refractivity contribution in [1.82, 2.24) is 9.97 Å². The largest absolute Gasteiger partial charge is 0.460 e. The summed E-state index contributed by atoms with van der Waals surface area (Å²) in [4.78, 5) is 8.05. The first-order valence-electron chi connectivity index (χ1n) is 4.56. The molecule has 15 heavy (non-hydrogen) atoms. The van der Waals surface area contributed by atoms with Crippen LogP contribution in [0.5, 0.6) is 5.88 Å². The second-order valence-corrected chi connectivity index (χ2v) is 3.21. The molecule has 0 saturated heterocycles. The maximum absolute atomic E-state index is 5.85. The summed E-state index contributed by atoms with van der Waals surface area (Å²) >= 11 is 5.85. The van der Waals surface area contributed by atoms with Gasteiger partial charge in [-0.15, -0.1) is 6.42 Å². The van der Waals surface area contributed by atoms with Crippen LogP contribution in [0.3, 0.4) is 0 Å². The molecule has 0 aliphatic carbocycles. The van der Waals surface area contributed by atoms with E-state index in [2.05, 4.69) is 21.2 Å². The van der Waals surface area contributed by atoms with Crippen molar-refractivity contribution in [2.75, 3.05) is 11.9 Å². The summed E-state index contributed by atoms with van der Waals surface area (Å²) in [5, 5.41) is 3.30. The van der Waals surface area contributed by atoms with Crippen molar-refractivity contribution in [2.45, 2.75) is 20.0 Å². The second kappa shape index (κ2) is 5.42. The van der Waals surface area contributed by atoms with Gasteiger partial charge in [0.15, 0.2) is 6.10 Å². The van der Waals surface area contributed by atoms with E-state index in [0.29, 0.717) is 16.9 Å². The van der Waals surface area contributed by atoms with Crippen LogP contribution in [0, 0.1) is 12.3 Å². The van der Waals surface area contributed by atoms with Crippen molar-refractivity contribution in [2.24, 2.45) is 0 Å². The molecule has 0 spiro atoms. The highest BCUT2D eigenvalue weighted by Crippen LogP contribution is 2.22. The third-order valence-corrected chi connectivity index (χ3v) is 1.83. The molecule has 1 rings (SSSR count). The number of hydrogen-bond donors (Lipinski definition) is 1. The molecular weight excluding hydrogens is 214 g/mol. The Kier molecular flexibility index (Phi) is 4.19. The molecule has 1 aromatic heterocycles. The highest BCUT2D eigenvalue weighted by Gasteiger charge is 2.08. The van der Waals surface area contributed by atoms with E-state index in [1.807, 2.05) is 6.92 Å². The Hall–Kier alpha value is -1.47. The standard InChI is InChI=1S/C10H12ClN3O/c1-4-7(3)15-9-8(11)6-13-10(14-9)12-5-2/h1,6-7H,5H2,2-3H3,(H,12,13,14). The first-order chi connectivity index (χ1) is 7.17. The highest BCUT2D eigenvalue weighted by atomic mass is 35.5. The average Bonchev–Trinajstić information content (AvgIpc) is 2.23. The number of terminal acetylenes is 1. The van der Waals surface area contributed by atoms with Crippen LogP contribution >= 0.6 is 11.6 Å². The molecule has 5 heteroatoms. The molecule has 0 bridgehead atoms. The van der Waals surface area contributed by atoms with Crippen molar-refractivity contribution in [3.8, 4) is 18.2 Å². The summed E-state index contributed by atoms with van der Waals surface area (Å²) in [5.41, 5.74) is 0. The van der Waals surface area contributed by atoms with Crippen LogP contribution in [0.2, 0.25) is 5.02 Å². The van der Waals surface area contributed by atoms with Crippen LogP contribution in [0.15, 0.2) is 6.20 Å². The zero-order valence-corrected chi connectivity index (χ0v) is 9.38. The molecule has 1 atom stereocenters. The van der Waals surface area contributed by atoms with Crippen LogP contribution in [-0.4, -0.2) is 22.6 Å². The van der Waals surface area contributed by atoms with Crippen LogP contribution in [0.25, 0.3) is 0 Å². The number of anilines is 1. The van der Waals surface area contributed by atoms with Crippen molar-refractivity contribution in [3.05, 3.63) is 11.2 Å². The van der Waals surface area contributed by atoms with Gasteiger partial charge in [-0.3, -0.25) is 0 Å². The minimum absolute atomic E-state index is 0.299. The molecular formula is C10H12ClN3O. The van der Waals surface area contributed by atoms with Crippen molar-refractivity contribution < 1.29 is 4.74 Å². The monoisotopic (exact) mass is 225 g/mol. The Morgan fingerprint density at radius 3 is 3.07 bits per heavy atom. The number of ether oxygens (including phenoxy) is 1. The van der Waals surface area contributed by atoms with Gasteiger partial charge in [0.2, 0.25) is 11.8 Å². The summed E-state index contributed by atoms with van der Waals surface area (Å²) < 4.78 is 5.32. The van der Waals surface area contributed by atoms with E-state index in [9.17, 15) is 0 Å². The lowest BCUT2D eigenvalue weighted by atomic mass is 10.4. The first-order valence-corrected chi connectivity index (χ1v) is 4.94. The quantitative estimate of drug-likeness (QED) is 0.796. The molecule has 4 nitrogen and oxygen atoms in total. The van der Waals surface area contributed by atoms with Crippen LogP contribution in [-0.2, 0) is 0 Å². The van der Waals surface area contributed by atoms with Gasteiger partial charge >= 0.3 is 0 Å². The van der Waals surface area contributed by atoms with E-state index in [0.717, 1.165) is 6.54 Å². The fourth-order valence-corrected chi connectivity index (χ4v) is 1.01. The highest BCUT2D eigenvalue weighted by molar-refractivity contribution is 6.31. The molecule has 0 fully saturated rings. The molecule has 80 valence electrons. The van der Waals surface area contributed by atoms with Crippen LogP contribution < -0.4 is 10.1 Å². The number of halogens is 1. The molecule has 1 heterocycles. The summed E-state index contributed by atoms with van der Waals surface area (Å²) in [5.74, 6) is 3.20. The zero-order valence-electron chi connectivity index (χ0n) is 8.62. The van der Waals surface area contributed by atoms with E-state index >= 15 is 0 Å². The van der Waals surface area contributed by atoms with E-state index < -0.39 is 0 Å². The molecule has 0 amide bonds. The van der Waals surface area contributed by atoms with Gasteiger partial charge in [-0.25, -0.2) is 4.98 Å². The molecule has 0 saturated carbocycles. The number of hydrogen-bond acceptors (Lipinski definition) is 4. The van der Waals surface area contributed by atoms with Gasteiger partial charge in [-0.05, 0) is 13.8 Å². The molecule has 0 radical (unpaired) electrons. The Bertz CT molecular complexity index is 375. The SMILES string of the molecule is C#CC(C)Oc1nc(NCC)ncc1Cl. The maximum atomic E-state index is 5.85. The van der Waals surface area contributed by atoms with E-state index in [1.165, 1.54) is 6.20 Å². The van der Waals surface area contributed by atoms with Gasteiger partial charge in [0.25, 0.3) is 0 Å². The fourth-order valence-electron chi connectivity index (χ4n) is 0.879. The lowest BCUT2D eigenvalue weighted by Crippen LogP contribution is -2.11. The minimum Gasteiger partial charge on any atom is -0.460 e. The Balaban J connectivity index is 2.86. The molecule has 1 aromatic rings. The first kappa shape index (κ1) is 11.6. The van der Waals surface area contributed by atoms with Crippen molar-refractivity contribution in [3.63, 3.8) is 0 Å². The number of aromatic nitrogens is 2. The van der Waals surface area contributed by atoms with Crippen LogP contribution in [0.1, 0.15) is 13.8 Å². The Morgan fingerprint density at radius 2 is 2.47 bits per heavy atom. The van der Waals surface area contributed by atoms with Gasteiger partial charge < -0.3 is 10.1 Å². The summed E-state index contributed by atoms with van der Waals surface area (Å²) in [6.07, 6.45) is 6.30. The fraction of sp³-hybridized carbons (Fsp3) is 0.400. The smallest absolute Gasteiger partial charge is 0.238 e. The van der Waals surface area contributed by atoms with Crippen LogP contribution in [0.4, 0.5) is 5.95 Å². The zero-order chi connectivity index (χ0) is 11.3. The van der Waals surface area contributed by atoms with Crippen molar-refractivity contribution in [1.29, 1.82) is 0 Å². The maximum Gasteiger partial charge on any atom is 0.238 e. The number of rotatable bonds is 4. The van der Waals surface area contributed by atoms with E-state index in [-0.39, 0.29) is 6.10 Å². The molecule has 1 unspecified atom stereocenters. The van der Waals surface area contributed by atoms with Gasteiger partial charge in [0.05, 0.1) is 6.20 Å². The number of nitrogens with one attached hydrogen (secondary N) is 1. The van der Waals surface area contributed by atoms with Gasteiger partial charge in [-0.1, -0.05) is 17.5 Å². The lowest BCUT2D eigenvalue weighted by molar-refractivity contribution is 0.268. The summed E-state index contributed by atoms with van der Waals surface area (Å²) in [7, 11) is 0. The van der Waals surface area contributed by atoms with E-state index in [1.54, 1.807) is 6.92 Å². The predicted octanol–water partition coefficient (Wildman–Crippen LogP) is 1.96.